The first-order chi connectivity index (χ1) is 9.10. The maximum atomic E-state index is 13.1. The van der Waals surface area contributed by atoms with Crippen molar-refractivity contribution in [1.29, 1.82) is 0 Å². The van der Waals surface area contributed by atoms with E-state index in [0.29, 0.717) is 17.2 Å². The first-order valence-corrected chi connectivity index (χ1v) is 6.31. The third-order valence-corrected chi connectivity index (χ3v) is 3.24. The lowest BCUT2D eigenvalue weighted by Gasteiger charge is -2.14. The summed E-state index contributed by atoms with van der Waals surface area (Å²) in [6.07, 6.45) is 0.556. The van der Waals surface area contributed by atoms with Gasteiger partial charge in [0.2, 0.25) is 0 Å². The number of methoxy groups -OCH3 is 1. The summed E-state index contributed by atoms with van der Waals surface area (Å²) in [6, 6.07) is 11.6. The van der Waals surface area contributed by atoms with Gasteiger partial charge in [0.05, 0.1) is 12.1 Å². The molecule has 1 atom stereocenters. The summed E-state index contributed by atoms with van der Waals surface area (Å²) in [7, 11) is 1.56. The lowest BCUT2D eigenvalue weighted by Crippen LogP contribution is -2.13. The fraction of sp³-hybridized carbons (Fsp3) is 0.200. The molecular formula is C15H15ClFNO. The minimum absolute atomic E-state index is 0.231. The van der Waals surface area contributed by atoms with E-state index in [4.69, 9.17) is 22.1 Å². The van der Waals surface area contributed by atoms with Gasteiger partial charge in [-0.1, -0.05) is 29.8 Å². The Hall–Kier alpha value is -1.58. The Morgan fingerprint density at radius 1 is 1.26 bits per heavy atom. The van der Waals surface area contributed by atoms with Crippen molar-refractivity contribution >= 4 is 11.6 Å². The summed E-state index contributed by atoms with van der Waals surface area (Å²) >= 11 is 6.06. The molecule has 0 heterocycles. The molecule has 0 amide bonds. The average molecular weight is 280 g/mol. The van der Waals surface area contributed by atoms with E-state index in [0.717, 1.165) is 11.1 Å². The van der Waals surface area contributed by atoms with Crippen LogP contribution >= 0.6 is 11.6 Å². The van der Waals surface area contributed by atoms with Crippen molar-refractivity contribution in [2.75, 3.05) is 7.11 Å². The number of hydrogen-bond donors (Lipinski definition) is 1. The normalized spacial score (nSPS) is 12.2. The average Bonchev–Trinajstić information content (AvgIpc) is 2.38. The second-order valence-electron chi connectivity index (χ2n) is 4.33. The van der Waals surface area contributed by atoms with Crippen molar-refractivity contribution in [2.45, 2.75) is 12.5 Å². The van der Waals surface area contributed by atoms with Crippen LogP contribution < -0.4 is 10.5 Å². The van der Waals surface area contributed by atoms with Gasteiger partial charge in [-0.2, -0.15) is 0 Å². The lowest BCUT2D eigenvalue weighted by atomic mass is 9.99. The highest BCUT2D eigenvalue weighted by Crippen LogP contribution is 2.28. The number of ether oxygens (including phenoxy) is 1. The van der Waals surface area contributed by atoms with Gasteiger partial charge in [-0.25, -0.2) is 4.39 Å². The molecule has 0 radical (unpaired) electrons. The molecule has 1 unspecified atom stereocenters. The summed E-state index contributed by atoms with van der Waals surface area (Å²) in [4.78, 5) is 0. The predicted molar refractivity (Wildman–Crippen MR) is 75.0 cm³/mol. The van der Waals surface area contributed by atoms with Crippen molar-refractivity contribution < 1.29 is 9.13 Å². The first-order valence-electron chi connectivity index (χ1n) is 5.93. The molecule has 0 aliphatic carbocycles. The molecular weight excluding hydrogens is 265 g/mol. The predicted octanol–water partition coefficient (Wildman–Crippen LogP) is 3.73. The first kappa shape index (κ1) is 13.8. The highest BCUT2D eigenvalue weighted by molar-refractivity contribution is 6.32. The third-order valence-electron chi connectivity index (χ3n) is 2.95. The zero-order valence-corrected chi connectivity index (χ0v) is 11.3. The van der Waals surface area contributed by atoms with E-state index in [-0.39, 0.29) is 11.9 Å². The van der Waals surface area contributed by atoms with Crippen LogP contribution in [0.15, 0.2) is 42.5 Å². The van der Waals surface area contributed by atoms with Crippen LogP contribution in [0, 0.1) is 5.82 Å². The fourth-order valence-corrected chi connectivity index (χ4v) is 2.22. The van der Waals surface area contributed by atoms with E-state index < -0.39 is 0 Å². The van der Waals surface area contributed by atoms with E-state index in [1.54, 1.807) is 25.3 Å². The van der Waals surface area contributed by atoms with Crippen LogP contribution in [-0.4, -0.2) is 7.11 Å². The van der Waals surface area contributed by atoms with Gasteiger partial charge in [-0.3, -0.25) is 0 Å². The quantitative estimate of drug-likeness (QED) is 0.925. The van der Waals surface area contributed by atoms with Crippen LogP contribution in [0.2, 0.25) is 5.02 Å². The Morgan fingerprint density at radius 3 is 2.68 bits per heavy atom. The van der Waals surface area contributed by atoms with Gasteiger partial charge in [0.25, 0.3) is 0 Å². The maximum Gasteiger partial charge on any atom is 0.137 e. The SMILES string of the molecule is COc1ccc(C(N)Cc2cccc(F)c2)cc1Cl. The smallest absolute Gasteiger partial charge is 0.137 e. The van der Waals surface area contributed by atoms with Crippen LogP contribution in [0.25, 0.3) is 0 Å². The van der Waals surface area contributed by atoms with Crippen molar-refractivity contribution in [3.8, 4) is 5.75 Å². The number of rotatable bonds is 4. The van der Waals surface area contributed by atoms with Crippen LogP contribution in [0.4, 0.5) is 4.39 Å². The van der Waals surface area contributed by atoms with Crippen LogP contribution in [0.1, 0.15) is 17.2 Å². The monoisotopic (exact) mass is 279 g/mol. The van der Waals surface area contributed by atoms with Crippen molar-refractivity contribution in [3.05, 3.63) is 64.4 Å². The minimum Gasteiger partial charge on any atom is -0.495 e. The molecule has 2 aromatic rings. The summed E-state index contributed by atoms with van der Waals surface area (Å²) in [6.45, 7) is 0. The van der Waals surface area contributed by atoms with Crippen molar-refractivity contribution in [3.63, 3.8) is 0 Å². The lowest BCUT2D eigenvalue weighted by molar-refractivity contribution is 0.414. The fourth-order valence-electron chi connectivity index (χ4n) is 1.95. The van der Waals surface area contributed by atoms with Crippen molar-refractivity contribution in [2.24, 2.45) is 5.73 Å². The summed E-state index contributed by atoms with van der Waals surface area (Å²) in [5.41, 5.74) is 7.87. The third kappa shape index (κ3) is 3.46. The minimum atomic E-state index is -0.252. The van der Waals surface area contributed by atoms with Gasteiger partial charge in [-0.05, 0) is 41.8 Å². The van der Waals surface area contributed by atoms with E-state index in [2.05, 4.69) is 0 Å². The summed E-state index contributed by atoms with van der Waals surface area (Å²) < 4.78 is 18.2. The molecule has 2 nitrogen and oxygen atoms in total. The summed E-state index contributed by atoms with van der Waals surface area (Å²) in [5, 5.41) is 0.523. The molecule has 0 aliphatic rings. The van der Waals surface area contributed by atoms with Crippen LogP contribution in [0.3, 0.4) is 0 Å². The molecule has 0 aromatic heterocycles. The molecule has 0 bridgehead atoms. The second-order valence-corrected chi connectivity index (χ2v) is 4.74. The molecule has 4 heteroatoms. The second kappa shape index (κ2) is 6.04. The van der Waals surface area contributed by atoms with E-state index in [1.165, 1.54) is 12.1 Å². The van der Waals surface area contributed by atoms with Crippen molar-refractivity contribution in [1.82, 2.24) is 0 Å². The number of nitrogens with two attached hydrogens (primary N) is 1. The van der Waals surface area contributed by atoms with Gasteiger partial charge in [0.15, 0.2) is 0 Å². The molecule has 100 valence electrons. The summed E-state index contributed by atoms with van der Waals surface area (Å²) in [5.74, 6) is 0.362. The molecule has 2 aromatic carbocycles. The molecule has 2 N–H and O–H groups in total. The molecule has 19 heavy (non-hydrogen) atoms. The van der Waals surface area contributed by atoms with Gasteiger partial charge in [0, 0.05) is 6.04 Å². The highest BCUT2D eigenvalue weighted by Gasteiger charge is 2.10. The van der Waals surface area contributed by atoms with E-state index >= 15 is 0 Å². The maximum absolute atomic E-state index is 13.1. The van der Waals surface area contributed by atoms with E-state index in [9.17, 15) is 4.39 Å². The highest BCUT2D eigenvalue weighted by atomic mass is 35.5. The van der Waals surface area contributed by atoms with Gasteiger partial charge in [-0.15, -0.1) is 0 Å². The molecule has 0 spiro atoms. The largest absolute Gasteiger partial charge is 0.495 e. The molecule has 0 aliphatic heterocycles. The number of hydrogen-bond acceptors (Lipinski definition) is 2. The molecule has 2 rings (SSSR count). The van der Waals surface area contributed by atoms with Gasteiger partial charge in [0.1, 0.15) is 11.6 Å². The van der Waals surface area contributed by atoms with Crippen LogP contribution in [-0.2, 0) is 6.42 Å². The Labute approximate surface area is 117 Å². The topological polar surface area (TPSA) is 35.2 Å². The number of halogens is 2. The Morgan fingerprint density at radius 2 is 2.05 bits per heavy atom. The zero-order chi connectivity index (χ0) is 13.8. The standard InChI is InChI=1S/C15H15ClFNO/c1-19-15-6-5-11(9-13(15)16)14(18)8-10-3-2-4-12(17)7-10/h2-7,9,14H,8,18H2,1H3. The Bertz CT molecular complexity index is 574. The van der Waals surface area contributed by atoms with E-state index in [1.807, 2.05) is 12.1 Å². The van der Waals surface area contributed by atoms with Crippen LogP contribution in [0.5, 0.6) is 5.75 Å². The number of benzene rings is 2. The molecule has 0 fully saturated rings. The zero-order valence-electron chi connectivity index (χ0n) is 10.6. The Kier molecular flexibility index (Phi) is 4.40. The van der Waals surface area contributed by atoms with Gasteiger partial charge >= 0.3 is 0 Å². The molecule has 0 saturated carbocycles. The van der Waals surface area contributed by atoms with Gasteiger partial charge < -0.3 is 10.5 Å². The molecule has 0 saturated heterocycles. The Balaban J connectivity index is 2.15.